The van der Waals surface area contributed by atoms with Crippen LogP contribution in [0.1, 0.15) is 414 Å². The van der Waals surface area contributed by atoms with Gasteiger partial charge in [-0.15, -0.1) is 0 Å². The minimum atomic E-state index is -4.96. The second-order valence-corrected chi connectivity index (χ2v) is 33.1. The summed E-state index contributed by atoms with van der Waals surface area (Å²) in [4.78, 5) is 72.9. The summed E-state index contributed by atoms with van der Waals surface area (Å²) in [5.74, 6) is 0.104. The number of carbonyl (C=O) groups excluding carboxylic acids is 4. The molecule has 0 aliphatic rings. The lowest BCUT2D eigenvalue weighted by Gasteiger charge is -2.21. The van der Waals surface area contributed by atoms with E-state index in [0.717, 1.165) is 102 Å². The minimum absolute atomic E-state index is 0.103. The molecule has 588 valence electrons. The molecule has 0 fully saturated rings. The molecule has 0 spiro atoms. The number of hydrogen-bond acceptors (Lipinski definition) is 15. The first-order chi connectivity index (χ1) is 47.7. The number of hydrogen-bond donors (Lipinski definition) is 3. The van der Waals surface area contributed by atoms with Crippen LogP contribution in [-0.2, 0) is 65.4 Å². The van der Waals surface area contributed by atoms with Gasteiger partial charge in [0.05, 0.1) is 26.4 Å². The van der Waals surface area contributed by atoms with E-state index in [0.29, 0.717) is 37.5 Å². The van der Waals surface area contributed by atoms with Crippen LogP contribution in [0.2, 0.25) is 0 Å². The third-order valence-electron chi connectivity index (χ3n) is 18.6. The second kappa shape index (κ2) is 70.4. The number of aliphatic hydroxyl groups excluding tert-OH is 1. The number of phosphoric acid groups is 2. The molecule has 0 saturated heterocycles. The van der Waals surface area contributed by atoms with Crippen molar-refractivity contribution >= 4 is 39.5 Å². The topological polar surface area (TPSA) is 237 Å². The number of phosphoric ester groups is 2. The molecule has 99 heavy (non-hydrogen) atoms. The largest absolute Gasteiger partial charge is 0.472 e. The van der Waals surface area contributed by atoms with Crippen molar-refractivity contribution < 1.29 is 80.2 Å². The van der Waals surface area contributed by atoms with Gasteiger partial charge in [0, 0.05) is 25.7 Å². The molecule has 0 aliphatic carbocycles. The Morgan fingerprint density at radius 3 is 0.687 bits per heavy atom. The highest BCUT2D eigenvalue weighted by Gasteiger charge is 2.30. The Morgan fingerprint density at radius 1 is 0.273 bits per heavy atom. The Labute approximate surface area is 607 Å². The molecule has 0 amide bonds. The van der Waals surface area contributed by atoms with Crippen molar-refractivity contribution in [2.24, 2.45) is 17.8 Å². The fraction of sp³-hybridized carbons (Fsp3) is 0.950. The molecule has 0 saturated carbocycles. The summed E-state index contributed by atoms with van der Waals surface area (Å²) in [7, 11) is -9.92. The number of unbranched alkanes of at least 4 members (excludes halogenated alkanes) is 46. The molecule has 0 heterocycles. The van der Waals surface area contributed by atoms with Crippen molar-refractivity contribution in [1.29, 1.82) is 0 Å². The average Bonchev–Trinajstić information content (AvgIpc) is 0.981. The summed E-state index contributed by atoms with van der Waals surface area (Å²) in [6.45, 7) is 11.8. The minimum Gasteiger partial charge on any atom is -0.462 e. The van der Waals surface area contributed by atoms with Gasteiger partial charge in [-0.3, -0.25) is 37.3 Å². The second-order valence-electron chi connectivity index (χ2n) is 30.2. The monoisotopic (exact) mass is 1450 g/mol. The molecule has 0 aromatic rings. The SMILES string of the molecule is CCCCCCCCCCCCCCCCCCCCC(=O)OC[C@H](COP(=O)(O)OC[C@@H](O)COP(=O)(O)OC[C@@H](COC(=O)CCCCCCCCCC(C)C)OC(=O)CCCCCCCCCC(C)C)OC(=O)CCCCCCCCCCCCCCCCCCCCC(C)C. The molecule has 0 rings (SSSR count). The lowest BCUT2D eigenvalue weighted by atomic mass is 10.0. The first kappa shape index (κ1) is 97.1. The quantitative estimate of drug-likeness (QED) is 0.0222. The van der Waals surface area contributed by atoms with Crippen molar-refractivity contribution in [2.75, 3.05) is 39.6 Å². The number of carbonyl (C=O) groups is 4. The number of ether oxygens (including phenoxy) is 4. The highest BCUT2D eigenvalue weighted by atomic mass is 31.2. The van der Waals surface area contributed by atoms with E-state index in [-0.39, 0.29) is 25.7 Å². The van der Waals surface area contributed by atoms with Crippen LogP contribution in [0, 0.1) is 17.8 Å². The molecule has 0 bridgehead atoms. The first-order valence-electron chi connectivity index (χ1n) is 41.3. The highest BCUT2D eigenvalue weighted by molar-refractivity contribution is 7.47. The van der Waals surface area contributed by atoms with E-state index >= 15 is 0 Å². The molecule has 0 aliphatic heterocycles. The van der Waals surface area contributed by atoms with E-state index in [1.54, 1.807) is 0 Å². The van der Waals surface area contributed by atoms with E-state index in [4.69, 9.17) is 37.0 Å². The van der Waals surface area contributed by atoms with E-state index < -0.39 is 97.5 Å². The van der Waals surface area contributed by atoms with Gasteiger partial charge in [0.15, 0.2) is 12.2 Å². The van der Waals surface area contributed by atoms with Gasteiger partial charge >= 0.3 is 39.5 Å². The number of aliphatic hydroxyl groups is 1. The summed E-state index contributed by atoms with van der Waals surface area (Å²) in [6.07, 6.45) is 58.7. The first-order valence-corrected chi connectivity index (χ1v) is 44.3. The van der Waals surface area contributed by atoms with Gasteiger partial charge in [0.25, 0.3) is 0 Å². The van der Waals surface area contributed by atoms with Gasteiger partial charge < -0.3 is 33.8 Å². The molecule has 5 atom stereocenters. The van der Waals surface area contributed by atoms with Crippen LogP contribution in [0.25, 0.3) is 0 Å². The molecule has 2 unspecified atom stereocenters. The van der Waals surface area contributed by atoms with Crippen LogP contribution in [-0.4, -0.2) is 96.7 Å². The molecular weight excluding hydrogens is 1290 g/mol. The fourth-order valence-electron chi connectivity index (χ4n) is 12.3. The summed E-state index contributed by atoms with van der Waals surface area (Å²) in [5.41, 5.74) is 0. The third kappa shape index (κ3) is 74.1. The smallest absolute Gasteiger partial charge is 0.462 e. The fourth-order valence-corrected chi connectivity index (χ4v) is 13.9. The third-order valence-corrected chi connectivity index (χ3v) is 20.5. The van der Waals surface area contributed by atoms with Crippen molar-refractivity contribution in [3.05, 3.63) is 0 Å². The Balaban J connectivity index is 5.19. The Kier molecular flexibility index (Phi) is 69.0. The standard InChI is InChI=1S/C80H156O17P2/c1-8-9-10-11-12-13-14-15-16-17-21-24-27-30-33-40-47-54-61-77(82)90-67-75(96-79(84)63-56-49-41-34-31-28-25-22-19-18-20-23-26-29-32-37-44-51-58-71(2)3)69-94-98(86,87)92-65-74(81)66-93-99(88,89)95-70-76(97-80(85)64-57-50-43-36-39-46-53-60-73(6)7)68-91-78(83)62-55-48-42-35-38-45-52-59-72(4)5/h71-76,81H,8-70H2,1-7H3,(H,86,87)(H,88,89)/t74-,75-,76-/m1/s1. The van der Waals surface area contributed by atoms with E-state index in [1.165, 1.54) is 218 Å². The van der Waals surface area contributed by atoms with E-state index in [9.17, 15) is 43.2 Å². The zero-order valence-electron chi connectivity index (χ0n) is 65.0. The van der Waals surface area contributed by atoms with Crippen LogP contribution in [0.4, 0.5) is 0 Å². The van der Waals surface area contributed by atoms with Crippen LogP contribution < -0.4 is 0 Å². The van der Waals surface area contributed by atoms with E-state index in [2.05, 4.69) is 48.5 Å². The van der Waals surface area contributed by atoms with Gasteiger partial charge in [-0.05, 0) is 43.4 Å². The average molecular weight is 1450 g/mol. The van der Waals surface area contributed by atoms with Gasteiger partial charge in [-0.1, -0.05) is 363 Å². The summed E-state index contributed by atoms with van der Waals surface area (Å²) < 4.78 is 68.6. The summed E-state index contributed by atoms with van der Waals surface area (Å²) >= 11 is 0. The van der Waals surface area contributed by atoms with Crippen molar-refractivity contribution in [3.8, 4) is 0 Å². The maximum absolute atomic E-state index is 13.1. The molecule has 17 nitrogen and oxygen atoms in total. The Hall–Kier alpha value is -1.94. The maximum Gasteiger partial charge on any atom is 0.472 e. The summed E-state index contributed by atoms with van der Waals surface area (Å²) in [5, 5.41) is 10.6. The zero-order valence-corrected chi connectivity index (χ0v) is 66.8. The Bertz CT molecular complexity index is 1920. The van der Waals surface area contributed by atoms with Gasteiger partial charge in [0.1, 0.15) is 19.3 Å². The van der Waals surface area contributed by atoms with Gasteiger partial charge in [0.2, 0.25) is 0 Å². The zero-order chi connectivity index (χ0) is 73.0. The lowest BCUT2D eigenvalue weighted by Crippen LogP contribution is -2.30. The Morgan fingerprint density at radius 2 is 0.465 bits per heavy atom. The summed E-state index contributed by atoms with van der Waals surface area (Å²) in [6, 6.07) is 0. The van der Waals surface area contributed by atoms with Crippen LogP contribution in [0.15, 0.2) is 0 Å². The van der Waals surface area contributed by atoms with Gasteiger partial charge in [-0.25, -0.2) is 9.13 Å². The van der Waals surface area contributed by atoms with Crippen molar-refractivity contribution in [2.45, 2.75) is 433 Å². The molecule has 0 aromatic heterocycles. The van der Waals surface area contributed by atoms with Gasteiger partial charge in [-0.2, -0.15) is 0 Å². The van der Waals surface area contributed by atoms with Crippen LogP contribution in [0.5, 0.6) is 0 Å². The maximum atomic E-state index is 13.1. The predicted molar refractivity (Wildman–Crippen MR) is 405 cm³/mol. The predicted octanol–water partition coefficient (Wildman–Crippen LogP) is 23.7. The molecular formula is C80H156O17P2. The van der Waals surface area contributed by atoms with E-state index in [1.807, 2.05) is 0 Å². The normalized spacial score (nSPS) is 14.0. The highest BCUT2D eigenvalue weighted by Crippen LogP contribution is 2.45. The number of rotatable bonds is 78. The molecule has 19 heteroatoms. The lowest BCUT2D eigenvalue weighted by molar-refractivity contribution is -0.161. The van der Waals surface area contributed by atoms with Crippen LogP contribution >= 0.6 is 15.6 Å². The number of esters is 4. The molecule has 3 N–H and O–H groups in total. The van der Waals surface area contributed by atoms with Crippen molar-refractivity contribution in [1.82, 2.24) is 0 Å². The molecule has 0 aromatic carbocycles. The molecule has 0 radical (unpaired) electrons. The van der Waals surface area contributed by atoms with Crippen molar-refractivity contribution in [3.63, 3.8) is 0 Å². The van der Waals surface area contributed by atoms with Crippen LogP contribution in [0.3, 0.4) is 0 Å².